The average Bonchev–Trinajstić information content (AvgIpc) is 2.06. The molecule has 94 valence electrons. The largest absolute Gasteiger partial charge is 0.480 e. The molecule has 0 aromatic carbocycles. The Kier molecular flexibility index (Phi) is 3.24. The van der Waals surface area contributed by atoms with Crippen molar-refractivity contribution in [3.8, 4) is 0 Å². The number of aliphatic carboxylic acids is 1. The molecule has 0 bridgehead atoms. The number of alkyl halides is 3. The third kappa shape index (κ3) is 2.31. The second kappa shape index (κ2) is 3.90. The van der Waals surface area contributed by atoms with Crippen molar-refractivity contribution in [2.24, 2.45) is 0 Å². The van der Waals surface area contributed by atoms with E-state index in [1.54, 1.807) is 0 Å². The molecule has 1 atom stereocenters. The summed E-state index contributed by atoms with van der Waals surface area (Å²) >= 11 is 0. The van der Waals surface area contributed by atoms with Crippen LogP contribution in [0.4, 0.5) is 13.2 Å². The van der Waals surface area contributed by atoms with Crippen LogP contribution >= 0.6 is 0 Å². The van der Waals surface area contributed by atoms with Gasteiger partial charge in [-0.2, -0.15) is 13.2 Å². The molecule has 0 aliphatic carbocycles. The lowest BCUT2D eigenvalue weighted by molar-refractivity contribution is -0.160. The van der Waals surface area contributed by atoms with Crippen molar-refractivity contribution in [2.45, 2.75) is 36.6 Å². The van der Waals surface area contributed by atoms with Crippen LogP contribution < -0.4 is 0 Å². The summed E-state index contributed by atoms with van der Waals surface area (Å²) < 4.78 is 57.2. The highest BCUT2D eigenvalue weighted by Crippen LogP contribution is 2.40. The van der Waals surface area contributed by atoms with Crippen LogP contribution in [-0.2, 0) is 14.6 Å². The first-order chi connectivity index (χ1) is 7.11. The highest BCUT2D eigenvalue weighted by Gasteiger charge is 2.57. The number of carboxylic acids is 1. The van der Waals surface area contributed by atoms with E-state index >= 15 is 0 Å². The Balaban J connectivity index is 3.19. The van der Waals surface area contributed by atoms with E-state index in [-0.39, 0.29) is 12.8 Å². The Morgan fingerprint density at radius 2 is 1.88 bits per heavy atom. The summed E-state index contributed by atoms with van der Waals surface area (Å²) in [5, 5.41) is 8.81. The fourth-order valence-corrected chi connectivity index (χ4v) is 3.97. The van der Waals surface area contributed by atoms with Crippen LogP contribution in [0, 0.1) is 0 Å². The maximum Gasteiger partial charge on any atom is 0.391 e. The highest BCUT2D eigenvalue weighted by molar-refractivity contribution is 7.93. The standard InChI is InChI=1S/C8H11F3O4S/c9-8(10,11)5-7(6(12)13)3-1-2-4-16(7,14)15/h1-5H2,(H,12,13). The van der Waals surface area contributed by atoms with E-state index < -0.39 is 45.3 Å². The second-order valence-electron chi connectivity index (χ2n) is 3.87. The van der Waals surface area contributed by atoms with E-state index in [0.29, 0.717) is 0 Å². The van der Waals surface area contributed by atoms with Gasteiger partial charge in [0.2, 0.25) is 0 Å². The summed E-state index contributed by atoms with van der Waals surface area (Å²) in [4.78, 5) is 10.9. The molecule has 1 unspecified atom stereocenters. The molecule has 0 radical (unpaired) electrons. The van der Waals surface area contributed by atoms with E-state index in [4.69, 9.17) is 5.11 Å². The molecular formula is C8H11F3O4S. The minimum Gasteiger partial charge on any atom is -0.480 e. The van der Waals surface area contributed by atoms with Gasteiger partial charge in [-0.3, -0.25) is 4.79 Å². The molecule has 0 spiro atoms. The Morgan fingerprint density at radius 1 is 1.31 bits per heavy atom. The zero-order chi connectivity index (χ0) is 12.6. The van der Waals surface area contributed by atoms with E-state index in [2.05, 4.69) is 0 Å². The summed E-state index contributed by atoms with van der Waals surface area (Å²) in [5.74, 6) is -2.39. The van der Waals surface area contributed by atoms with E-state index in [1.807, 2.05) is 0 Å². The van der Waals surface area contributed by atoms with Crippen LogP contribution in [-0.4, -0.2) is 36.2 Å². The van der Waals surface area contributed by atoms with Gasteiger partial charge in [0.25, 0.3) is 0 Å². The van der Waals surface area contributed by atoms with Gasteiger partial charge in [-0.1, -0.05) is 6.42 Å². The lowest BCUT2D eigenvalue weighted by atomic mass is 9.96. The van der Waals surface area contributed by atoms with Crippen LogP contribution in [0.25, 0.3) is 0 Å². The maximum absolute atomic E-state index is 12.3. The molecule has 4 nitrogen and oxygen atoms in total. The number of rotatable bonds is 2. The van der Waals surface area contributed by atoms with E-state index in [1.165, 1.54) is 0 Å². The van der Waals surface area contributed by atoms with Gasteiger partial charge in [0.1, 0.15) is 0 Å². The molecular weight excluding hydrogens is 249 g/mol. The van der Waals surface area contributed by atoms with Crippen LogP contribution in [0.5, 0.6) is 0 Å². The predicted octanol–water partition coefficient (Wildman–Crippen LogP) is 1.36. The molecule has 8 heteroatoms. The maximum atomic E-state index is 12.3. The Labute approximate surface area is 90.4 Å². The fourth-order valence-electron chi connectivity index (χ4n) is 1.89. The number of halogens is 3. The summed E-state index contributed by atoms with van der Waals surface area (Å²) in [6, 6.07) is 0. The van der Waals surface area contributed by atoms with Gasteiger partial charge in [-0.05, 0) is 12.8 Å². The monoisotopic (exact) mass is 260 g/mol. The Bertz CT molecular complexity index is 387. The van der Waals surface area contributed by atoms with Gasteiger partial charge in [0, 0.05) is 0 Å². The molecule has 1 saturated heterocycles. The summed E-state index contributed by atoms with van der Waals surface area (Å²) in [7, 11) is -4.24. The lowest BCUT2D eigenvalue weighted by Crippen LogP contribution is -2.52. The normalized spacial score (nSPS) is 29.9. The summed E-state index contributed by atoms with van der Waals surface area (Å²) in [6.07, 6.45) is -6.68. The van der Waals surface area contributed by atoms with Crippen LogP contribution in [0.3, 0.4) is 0 Å². The van der Waals surface area contributed by atoms with Gasteiger partial charge in [0.15, 0.2) is 14.6 Å². The number of hydrogen-bond donors (Lipinski definition) is 1. The van der Waals surface area contributed by atoms with Crippen LogP contribution in [0.1, 0.15) is 25.7 Å². The number of sulfone groups is 1. The van der Waals surface area contributed by atoms with Crippen LogP contribution in [0.15, 0.2) is 0 Å². The summed E-state index contributed by atoms with van der Waals surface area (Å²) in [6.45, 7) is 0. The van der Waals surface area contributed by atoms with Gasteiger partial charge in [-0.25, -0.2) is 8.42 Å². The van der Waals surface area contributed by atoms with Gasteiger partial charge >= 0.3 is 12.1 Å². The number of carbonyl (C=O) groups is 1. The van der Waals surface area contributed by atoms with Gasteiger partial charge in [0.05, 0.1) is 12.2 Å². The second-order valence-corrected chi connectivity index (χ2v) is 6.29. The van der Waals surface area contributed by atoms with Crippen molar-refractivity contribution in [2.75, 3.05) is 5.75 Å². The fraction of sp³-hybridized carbons (Fsp3) is 0.875. The minimum absolute atomic E-state index is 0.182. The van der Waals surface area contributed by atoms with E-state index in [0.717, 1.165) is 0 Å². The third-order valence-corrected chi connectivity index (χ3v) is 5.25. The Morgan fingerprint density at radius 3 is 2.25 bits per heavy atom. The lowest BCUT2D eigenvalue weighted by Gasteiger charge is -2.33. The molecule has 0 aromatic rings. The van der Waals surface area contributed by atoms with Crippen LogP contribution in [0.2, 0.25) is 0 Å². The molecule has 0 saturated carbocycles. The van der Waals surface area contributed by atoms with Gasteiger partial charge < -0.3 is 5.11 Å². The highest BCUT2D eigenvalue weighted by atomic mass is 32.2. The molecule has 1 rings (SSSR count). The zero-order valence-electron chi connectivity index (χ0n) is 8.25. The summed E-state index contributed by atoms with van der Waals surface area (Å²) in [5.41, 5.74) is 0. The van der Waals surface area contributed by atoms with Crippen molar-refractivity contribution in [3.63, 3.8) is 0 Å². The van der Waals surface area contributed by atoms with E-state index in [9.17, 15) is 26.4 Å². The van der Waals surface area contributed by atoms with Crippen molar-refractivity contribution in [1.29, 1.82) is 0 Å². The first kappa shape index (κ1) is 13.3. The topological polar surface area (TPSA) is 71.4 Å². The first-order valence-corrected chi connectivity index (χ1v) is 6.28. The first-order valence-electron chi connectivity index (χ1n) is 4.63. The molecule has 0 amide bonds. The smallest absolute Gasteiger partial charge is 0.391 e. The molecule has 1 N–H and O–H groups in total. The van der Waals surface area contributed by atoms with Crippen molar-refractivity contribution in [1.82, 2.24) is 0 Å². The van der Waals surface area contributed by atoms with Crippen molar-refractivity contribution >= 4 is 15.8 Å². The molecule has 0 aromatic heterocycles. The van der Waals surface area contributed by atoms with Crippen molar-refractivity contribution in [3.05, 3.63) is 0 Å². The zero-order valence-corrected chi connectivity index (χ0v) is 9.07. The Hall–Kier alpha value is -0.790. The molecule has 1 heterocycles. The van der Waals surface area contributed by atoms with Gasteiger partial charge in [-0.15, -0.1) is 0 Å². The third-order valence-electron chi connectivity index (χ3n) is 2.71. The SMILES string of the molecule is O=C(O)C1(CC(F)(F)F)CCCCS1(=O)=O. The quantitative estimate of drug-likeness (QED) is 0.813. The molecule has 1 aliphatic rings. The minimum atomic E-state index is -4.80. The molecule has 16 heavy (non-hydrogen) atoms. The molecule has 1 aliphatic heterocycles. The molecule has 1 fully saturated rings. The average molecular weight is 260 g/mol. The number of carboxylic acid groups (broad SMARTS) is 1. The number of hydrogen-bond acceptors (Lipinski definition) is 3. The predicted molar refractivity (Wildman–Crippen MR) is 48.7 cm³/mol. The van der Waals surface area contributed by atoms with Crippen molar-refractivity contribution < 1.29 is 31.5 Å².